The van der Waals surface area contributed by atoms with Crippen LogP contribution in [0.2, 0.25) is 0 Å². The summed E-state index contributed by atoms with van der Waals surface area (Å²) in [6, 6.07) is 16.8. The van der Waals surface area contributed by atoms with Gasteiger partial charge in [-0.05, 0) is 30.3 Å². The van der Waals surface area contributed by atoms with Crippen molar-refractivity contribution in [3.63, 3.8) is 0 Å². The summed E-state index contributed by atoms with van der Waals surface area (Å²) in [6.45, 7) is 0. The second-order valence-corrected chi connectivity index (χ2v) is 7.50. The van der Waals surface area contributed by atoms with Crippen molar-refractivity contribution in [2.24, 2.45) is 0 Å². The minimum absolute atomic E-state index is 0.265. The van der Waals surface area contributed by atoms with Gasteiger partial charge in [0.25, 0.3) is 5.56 Å². The minimum atomic E-state index is -0.265. The molecule has 6 nitrogen and oxygen atoms in total. The number of fused-ring (bicyclic) bond motifs is 1. The minimum Gasteiger partial charge on any atom is -0.383 e. The summed E-state index contributed by atoms with van der Waals surface area (Å²) in [5.41, 5.74) is 8.30. The lowest BCUT2D eigenvalue weighted by Gasteiger charge is -2.10. The molecule has 4 rings (SSSR count). The van der Waals surface area contributed by atoms with Gasteiger partial charge >= 0.3 is 0 Å². The number of rotatable bonds is 3. The normalized spacial score (nSPS) is 10.9. The Morgan fingerprint density at radius 2 is 1.67 bits per heavy atom. The van der Waals surface area contributed by atoms with E-state index in [1.807, 2.05) is 48.5 Å². The average molecular weight is 487 g/mol. The highest BCUT2D eigenvalue weighted by Gasteiger charge is 2.15. The van der Waals surface area contributed by atoms with E-state index in [-0.39, 0.29) is 11.4 Å². The zero-order valence-electron chi connectivity index (χ0n) is 13.8. The molecule has 2 heterocycles. The van der Waals surface area contributed by atoms with Crippen LogP contribution in [0.3, 0.4) is 0 Å². The van der Waals surface area contributed by atoms with Gasteiger partial charge in [0.1, 0.15) is 11.5 Å². The van der Waals surface area contributed by atoms with Gasteiger partial charge in [-0.15, -0.1) is 0 Å². The van der Waals surface area contributed by atoms with Crippen molar-refractivity contribution in [3.8, 4) is 11.1 Å². The fourth-order valence-corrected chi connectivity index (χ4v) is 4.18. The van der Waals surface area contributed by atoms with Gasteiger partial charge in [-0.2, -0.15) is 9.97 Å². The number of anilines is 3. The van der Waals surface area contributed by atoms with Gasteiger partial charge in [0.2, 0.25) is 5.95 Å². The predicted octanol–water partition coefficient (Wildman–Crippen LogP) is 4.84. The van der Waals surface area contributed by atoms with Gasteiger partial charge < -0.3 is 16.0 Å². The highest BCUT2D eigenvalue weighted by atomic mass is 79.9. The molecule has 0 aliphatic rings. The van der Waals surface area contributed by atoms with E-state index < -0.39 is 0 Å². The number of hydrogen-bond donors (Lipinski definition) is 3. The van der Waals surface area contributed by atoms with Crippen LogP contribution in [-0.2, 0) is 0 Å². The van der Waals surface area contributed by atoms with Crippen molar-refractivity contribution in [1.82, 2.24) is 15.0 Å². The van der Waals surface area contributed by atoms with E-state index in [0.29, 0.717) is 22.5 Å². The molecule has 0 aliphatic heterocycles. The molecule has 0 atom stereocenters. The second-order valence-electron chi connectivity index (χ2n) is 5.79. The first-order valence-electron chi connectivity index (χ1n) is 8.00. The van der Waals surface area contributed by atoms with Crippen LogP contribution in [0.5, 0.6) is 0 Å². The molecule has 8 heteroatoms. The van der Waals surface area contributed by atoms with E-state index >= 15 is 0 Å². The van der Waals surface area contributed by atoms with Gasteiger partial charge in [-0.3, -0.25) is 4.79 Å². The number of H-pyrrole nitrogens is 1. The summed E-state index contributed by atoms with van der Waals surface area (Å²) in [7, 11) is 0. The molecule has 0 fully saturated rings. The number of para-hydroxylation sites is 1. The molecule has 0 saturated carbocycles. The largest absolute Gasteiger partial charge is 0.383 e. The number of aromatic nitrogens is 3. The van der Waals surface area contributed by atoms with Crippen LogP contribution in [-0.4, -0.2) is 15.0 Å². The summed E-state index contributed by atoms with van der Waals surface area (Å²) in [5.74, 6) is 0.593. The van der Waals surface area contributed by atoms with Crippen LogP contribution in [0.4, 0.5) is 17.5 Å². The number of benzene rings is 2. The van der Waals surface area contributed by atoms with Gasteiger partial charge in [0, 0.05) is 20.2 Å². The van der Waals surface area contributed by atoms with E-state index in [4.69, 9.17) is 5.73 Å². The Morgan fingerprint density at radius 3 is 2.37 bits per heavy atom. The number of aromatic amines is 1. The van der Waals surface area contributed by atoms with Crippen molar-refractivity contribution in [2.45, 2.75) is 0 Å². The number of nitrogens with two attached hydrogens (primary N) is 1. The van der Waals surface area contributed by atoms with Crippen molar-refractivity contribution in [1.29, 1.82) is 0 Å². The van der Waals surface area contributed by atoms with Crippen LogP contribution in [0.15, 0.2) is 68.3 Å². The third kappa shape index (κ3) is 3.45. The Bertz CT molecular complexity index is 1190. The quantitative estimate of drug-likeness (QED) is 0.385. The number of nitrogen functional groups attached to an aromatic ring is 1. The zero-order chi connectivity index (χ0) is 19.0. The lowest BCUT2D eigenvalue weighted by atomic mass is 10.1. The molecule has 134 valence electrons. The number of halogens is 2. The molecule has 4 N–H and O–H groups in total. The van der Waals surface area contributed by atoms with Crippen molar-refractivity contribution in [3.05, 3.63) is 73.9 Å². The van der Waals surface area contributed by atoms with Crippen molar-refractivity contribution in [2.75, 3.05) is 11.1 Å². The topological polar surface area (TPSA) is 96.7 Å². The lowest BCUT2D eigenvalue weighted by molar-refractivity contribution is 1.16. The van der Waals surface area contributed by atoms with Gasteiger partial charge in [0.15, 0.2) is 0 Å². The van der Waals surface area contributed by atoms with Gasteiger partial charge in [0.05, 0.1) is 10.9 Å². The summed E-state index contributed by atoms with van der Waals surface area (Å²) >= 11 is 6.99. The van der Waals surface area contributed by atoms with Crippen molar-refractivity contribution >= 4 is 60.3 Å². The SMILES string of the molecule is Nc1nc(Nc2ccccc2)nc2[nH]c(=O)c(-c3c(Br)cccc3Br)cc12. The molecule has 0 radical (unpaired) electrons. The summed E-state index contributed by atoms with van der Waals surface area (Å²) < 4.78 is 1.59. The van der Waals surface area contributed by atoms with E-state index in [1.165, 1.54) is 0 Å². The Labute approximate surface area is 171 Å². The van der Waals surface area contributed by atoms with Crippen LogP contribution in [0.1, 0.15) is 0 Å². The van der Waals surface area contributed by atoms with E-state index in [0.717, 1.165) is 20.2 Å². The maximum absolute atomic E-state index is 12.7. The molecule has 2 aromatic carbocycles. The number of pyridine rings is 1. The summed E-state index contributed by atoms with van der Waals surface area (Å²) in [4.78, 5) is 24.2. The molecule has 2 aromatic heterocycles. The molecular formula is C19H13Br2N5O. The Kier molecular flexibility index (Phi) is 4.67. The van der Waals surface area contributed by atoms with E-state index in [1.54, 1.807) is 6.07 Å². The summed E-state index contributed by atoms with van der Waals surface area (Å²) in [6.07, 6.45) is 0. The number of nitrogens with zero attached hydrogens (tertiary/aromatic N) is 2. The van der Waals surface area contributed by atoms with Gasteiger partial charge in [-0.25, -0.2) is 0 Å². The third-order valence-corrected chi connectivity index (χ3v) is 5.32. The first-order chi connectivity index (χ1) is 13.0. The molecule has 0 spiro atoms. The zero-order valence-corrected chi connectivity index (χ0v) is 17.0. The lowest BCUT2D eigenvalue weighted by Crippen LogP contribution is -2.12. The maximum atomic E-state index is 12.7. The van der Waals surface area contributed by atoms with Crippen LogP contribution >= 0.6 is 31.9 Å². The van der Waals surface area contributed by atoms with Gasteiger partial charge in [-0.1, -0.05) is 56.1 Å². The first kappa shape index (κ1) is 17.7. The standard InChI is InChI=1S/C19H13Br2N5O/c20-13-7-4-8-14(21)15(13)11-9-12-16(22)24-19(26-17(12)25-18(11)27)23-10-5-2-1-3-6-10/h1-9H,(H4,22,23,24,25,26,27). The predicted molar refractivity (Wildman–Crippen MR) is 115 cm³/mol. The molecule has 0 aliphatic carbocycles. The molecular weight excluding hydrogens is 474 g/mol. The molecule has 0 unspecified atom stereocenters. The molecule has 0 saturated heterocycles. The molecule has 0 bridgehead atoms. The molecule has 4 aromatic rings. The smallest absolute Gasteiger partial charge is 0.257 e. The number of hydrogen-bond acceptors (Lipinski definition) is 5. The van der Waals surface area contributed by atoms with E-state index in [9.17, 15) is 4.79 Å². The highest BCUT2D eigenvalue weighted by Crippen LogP contribution is 2.34. The Morgan fingerprint density at radius 1 is 0.963 bits per heavy atom. The summed E-state index contributed by atoms with van der Waals surface area (Å²) in [5, 5.41) is 3.66. The molecule has 0 amide bonds. The molecule has 27 heavy (non-hydrogen) atoms. The van der Waals surface area contributed by atoms with Crippen LogP contribution in [0, 0.1) is 0 Å². The third-order valence-electron chi connectivity index (χ3n) is 4.00. The maximum Gasteiger partial charge on any atom is 0.257 e. The van der Waals surface area contributed by atoms with E-state index in [2.05, 4.69) is 52.1 Å². The van der Waals surface area contributed by atoms with Crippen LogP contribution < -0.4 is 16.6 Å². The fraction of sp³-hybridized carbons (Fsp3) is 0. The Balaban J connectivity index is 1.85. The first-order valence-corrected chi connectivity index (χ1v) is 9.58. The Hall–Kier alpha value is -2.71. The van der Waals surface area contributed by atoms with Crippen molar-refractivity contribution < 1.29 is 0 Å². The second kappa shape index (κ2) is 7.13. The number of nitrogens with one attached hydrogen (secondary N) is 2. The van der Waals surface area contributed by atoms with Crippen LogP contribution in [0.25, 0.3) is 22.2 Å². The average Bonchev–Trinajstić information content (AvgIpc) is 2.63. The monoisotopic (exact) mass is 485 g/mol. The fourth-order valence-electron chi connectivity index (χ4n) is 2.76. The highest BCUT2D eigenvalue weighted by molar-refractivity contribution is 9.11.